The normalized spacial score (nSPS) is 17.7. The Hall–Kier alpha value is -3.38. The molecule has 0 aromatic heterocycles. The number of piperidine rings is 2. The molecule has 5 rings (SSSR count). The summed E-state index contributed by atoms with van der Waals surface area (Å²) in [5.74, 6) is 1.24. The molecule has 1 amide bonds. The van der Waals surface area contributed by atoms with Gasteiger partial charge in [-0.05, 0) is 96.5 Å². The van der Waals surface area contributed by atoms with E-state index >= 15 is 0 Å². The first-order valence-electron chi connectivity index (χ1n) is 15.6. The van der Waals surface area contributed by atoms with E-state index < -0.39 is 0 Å². The van der Waals surface area contributed by atoms with Gasteiger partial charge in [-0.1, -0.05) is 56.3 Å². The maximum absolute atomic E-state index is 13.6. The third kappa shape index (κ3) is 7.52. The lowest BCUT2D eigenvalue weighted by Crippen LogP contribution is -2.40. The number of benzene rings is 3. The minimum Gasteiger partial charge on any atom is -0.494 e. The van der Waals surface area contributed by atoms with E-state index in [2.05, 4.69) is 43.0 Å². The minimum atomic E-state index is -0.225. The molecule has 224 valence electrons. The predicted octanol–water partition coefficient (Wildman–Crippen LogP) is 6.86. The molecule has 2 aliphatic heterocycles. The molecule has 0 spiro atoms. The molecular weight excluding hydrogens is 524 g/mol. The number of carbonyl (C=O) groups is 2. The van der Waals surface area contributed by atoms with E-state index in [0.717, 1.165) is 73.2 Å². The number of aryl methyl sites for hydroxylation is 1. The van der Waals surface area contributed by atoms with E-state index in [4.69, 9.17) is 9.47 Å². The summed E-state index contributed by atoms with van der Waals surface area (Å²) < 4.78 is 10.9. The number of hydrogen-bond donors (Lipinski definition) is 0. The van der Waals surface area contributed by atoms with E-state index in [0.29, 0.717) is 24.2 Å². The van der Waals surface area contributed by atoms with Crippen molar-refractivity contribution < 1.29 is 19.1 Å². The molecule has 6 nitrogen and oxygen atoms in total. The zero-order chi connectivity index (χ0) is 29.5. The molecule has 6 heteroatoms. The molecule has 3 aromatic carbocycles. The molecule has 0 bridgehead atoms. The lowest BCUT2D eigenvalue weighted by atomic mass is 9.84. The summed E-state index contributed by atoms with van der Waals surface area (Å²) in [5, 5.41) is 1.97. The molecule has 2 saturated heterocycles. The number of carbonyl (C=O) groups excluding carboxylic acids is 2. The van der Waals surface area contributed by atoms with E-state index in [1.165, 1.54) is 38.6 Å². The Kier molecular flexibility index (Phi) is 9.84. The van der Waals surface area contributed by atoms with E-state index in [1.807, 2.05) is 41.3 Å². The summed E-state index contributed by atoms with van der Waals surface area (Å²) in [7, 11) is 1.41. The van der Waals surface area contributed by atoms with Crippen LogP contribution in [-0.2, 0) is 16.0 Å². The molecule has 0 aliphatic carbocycles. The van der Waals surface area contributed by atoms with Crippen molar-refractivity contribution in [3.63, 3.8) is 0 Å². The van der Waals surface area contributed by atoms with Crippen molar-refractivity contribution >= 4 is 22.6 Å². The molecule has 0 unspecified atom stereocenters. The van der Waals surface area contributed by atoms with Crippen LogP contribution in [0.5, 0.6) is 5.75 Å². The zero-order valence-electron chi connectivity index (χ0n) is 25.6. The van der Waals surface area contributed by atoms with Crippen LogP contribution in [0.15, 0.2) is 60.7 Å². The highest BCUT2D eigenvalue weighted by molar-refractivity contribution is 6.08. The number of fused-ring (bicyclic) bond motifs is 1. The highest BCUT2D eigenvalue weighted by Crippen LogP contribution is 2.32. The van der Waals surface area contributed by atoms with Gasteiger partial charge in [0.1, 0.15) is 5.75 Å². The molecule has 3 aromatic rings. The van der Waals surface area contributed by atoms with E-state index in [1.54, 1.807) is 0 Å². The van der Waals surface area contributed by atoms with Crippen molar-refractivity contribution in [3.05, 3.63) is 77.4 Å². The van der Waals surface area contributed by atoms with Gasteiger partial charge in [0.05, 0.1) is 13.7 Å². The van der Waals surface area contributed by atoms with Gasteiger partial charge in [-0.15, -0.1) is 0 Å². The van der Waals surface area contributed by atoms with Crippen LogP contribution in [0.3, 0.4) is 0 Å². The van der Waals surface area contributed by atoms with Gasteiger partial charge in [0.15, 0.2) is 0 Å². The van der Waals surface area contributed by atoms with Gasteiger partial charge < -0.3 is 19.3 Å². The third-order valence-corrected chi connectivity index (χ3v) is 9.07. The Morgan fingerprint density at radius 3 is 2.38 bits per heavy atom. The lowest BCUT2D eigenvalue weighted by Gasteiger charge is -2.38. The van der Waals surface area contributed by atoms with Crippen molar-refractivity contribution in [2.24, 2.45) is 5.41 Å². The van der Waals surface area contributed by atoms with Crippen LogP contribution in [0.2, 0.25) is 0 Å². The second-order valence-corrected chi connectivity index (χ2v) is 12.8. The quantitative estimate of drug-likeness (QED) is 0.197. The monoisotopic (exact) mass is 570 g/mol. The number of esters is 1. The summed E-state index contributed by atoms with van der Waals surface area (Å²) in [5.41, 5.74) is 3.55. The summed E-state index contributed by atoms with van der Waals surface area (Å²) in [6.07, 6.45) is 6.50. The molecule has 0 saturated carbocycles. The summed E-state index contributed by atoms with van der Waals surface area (Å²) in [6.45, 7) is 10.5. The van der Waals surface area contributed by atoms with Gasteiger partial charge in [0.25, 0.3) is 5.91 Å². The fourth-order valence-corrected chi connectivity index (χ4v) is 6.74. The first kappa shape index (κ1) is 30.1. The highest BCUT2D eigenvalue weighted by atomic mass is 16.5. The van der Waals surface area contributed by atoms with Crippen LogP contribution >= 0.6 is 0 Å². The number of amides is 1. The fraction of sp³-hybridized carbons (Fsp3) is 0.500. The maximum Gasteiger partial charge on any atom is 0.305 e. The molecule has 2 aliphatic rings. The van der Waals surface area contributed by atoms with Crippen molar-refractivity contribution in [2.45, 2.75) is 64.7 Å². The smallest absolute Gasteiger partial charge is 0.305 e. The van der Waals surface area contributed by atoms with Crippen LogP contribution in [0.4, 0.5) is 0 Å². The molecule has 2 heterocycles. The van der Waals surface area contributed by atoms with Gasteiger partial charge in [-0.3, -0.25) is 9.59 Å². The summed E-state index contributed by atoms with van der Waals surface area (Å²) >= 11 is 0. The van der Waals surface area contributed by atoms with E-state index in [-0.39, 0.29) is 11.9 Å². The van der Waals surface area contributed by atoms with Gasteiger partial charge in [0, 0.05) is 38.2 Å². The maximum atomic E-state index is 13.6. The zero-order valence-corrected chi connectivity index (χ0v) is 25.6. The van der Waals surface area contributed by atoms with Crippen LogP contribution in [-0.4, -0.2) is 68.1 Å². The minimum absolute atomic E-state index is 0.0843. The Bertz CT molecular complexity index is 1360. The average molecular weight is 571 g/mol. The number of hydrogen-bond acceptors (Lipinski definition) is 5. The summed E-state index contributed by atoms with van der Waals surface area (Å²) in [6, 6.07) is 20.5. The van der Waals surface area contributed by atoms with Crippen molar-refractivity contribution in [2.75, 3.05) is 46.4 Å². The van der Waals surface area contributed by atoms with Crippen molar-refractivity contribution in [3.8, 4) is 5.75 Å². The fourth-order valence-electron chi connectivity index (χ4n) is 6.74. The lowest BCUT2D eigenvalue weighted by molar-refractivity contribution is -0.140. The Morgan fingerprint density at radius 1 is 0.929 bits per heavy atom. The highest BCUT2D eigenvalue weighted by Gasteiger charge is 2.27. The van der Waals surface area contributed by atoms with Crippen LogP contribution in [0.1, 0.15) is 79.8 Å². The standard InChI is InChI=1S/C36H46N2O4/c1-36(2)20-6-21-37(26-36)22-7-25-42-30-14-10-27(11-15-30)28-18-23-38(24-19-28)35(40)33-16-12-29(13-17-34(39)41-3)31-8-4-5-9-32(31)33/h4-5,8-12,14-16,28H,6-7,13,17-26H2,1-3H3. The largest absolute Gasteiger partial charge is 0.494 e. The predicted molar refractivity (Wildman–Crippen MR) is 168 cm³/mol. The third-order valence-electron chi connectivity index (χ3n) is 9.07. The van der Waals surface area contributed by atoms with Gasteiger partial charge in [-0.25, -0.2) is 0 Å². The van der Waals surface area contributed by atoms with Gasteiger partial charge in [0.2, 0.25) is 0 Å². The van der Waals surface area contributed by atoms with Crippen LogP contribution in [0, 0.1) is 5.41 Å². The molecule has 2 fully saturated rings. The second kappa shape index (κ2) is 13.7. The molecule has 0 atom stereocenters. The number of rotatable bonds is 10. The number of methoxy groups -OCH3 is 1. The topological polar surface area (TPSA) is 59.1 Å². The Balaban J connectivity index is 1.11. The van der Waals surface area contributed by atoms with Gasteiger partial charge in [-0.2, -0.15) is 0 Å². The molecule has 0 N–H and O–H groups in total. The average Bonchev–Trinajstić information content (AvgIpc) is 3.01. The molecular formula is C36H46N2O4. The molecule has 42 heavy (non-hydrogen) atoms. The van der Waals surface area contributed by atoms with Crippen LogP contribution in [0.25, 0.3) is 10.8 Å². The molecule has 0 radical (unpaired) electrons. The number of ether oxygens (including phenoxy) is 2. The second-order valence-electron chi connectivity index (χ2n) is 12.8. The SMILES string of the molecule is COC(=O)CCc1ccc(C(=O)N2CCC(c3ccc(OCCCN4CCCC(C)(C)C4)cc3)CC2)c2ccccc12. The number of nitrogens with zero attached hydrogens (tertiary/aromatic N) is 2. The van der Waals surface area contributed by atoms with E-state index in [9.17, 15) is 9.59 Å². The first-order chi connectivity index (χ1) is 20.3. The number of likely N-dealkylation sites (tertiary alicyclic amines) is 2. The summed E-state index contributed by atoms with van der Waals surface area (Å²) in [4.78, 5) is 29.9. The Labute approximate surface area is 251 Å². The Morgan fingerprint density at radius 2 is 1.67 bits per heavy atom. The van der Waals surface area contributed by atoms with Crippen molar-refractivity contribution in [1.82, 2.24) is 9.80 Å². The van der Waals surface area contributed by atoms with Gasteiger partial charge >= 0.3 is 5.97 Å². The van der Waals surface area contributed by atoms with Crippen molar-refractivity contribution in [1.29, 1.82) is 0 Å². The van der Waals surface area contributed by atoms with Crippen LogP contribution < -0.4 is 4.74 Å². The first-order valence-corrected chi connectivity index (χ1v) is 15.6.